The lowest BCUT2D eigenvalue weighted by Gasteiger charge is -2.33. The minimum absolute atomic E-state index is 0.0693. The Bertz CT molecular complexity index is 978. The summed E-state index contributed by atoms with van der Waals surface area (Å²) in [5, 5.41) is 5.76. The number of benzene rings is 2. The molecule has 7 nitrogen and oxygen atoms in total. The smallest absolute Gasteiger partial charge is 0.257 e. The maximum absolute atomic E-state index is 12.9. The summed E-state index contributed by atoms with van der Waals surface area (Å²) in [6.45, 7) is 3.48. The van der Waals surface area contributed by atoms with Crippen LogP contribution < -0.4 is 10.6 Å². The number of nitrogens with one attached hydrogen (secondary N) is 2. The second kappa shape index (κ2) is 11.8. The maximum atomic E-state index is 12.9. The normalized spacial score (nSPS) is 17.6. The van der Waals surface area contributed by atoms with Crippen LogP contribution in [0.2, 0.25) is 0 Å². The van der Waals surface area contributed by atoms with E-state index in [2.05, 4.69) is 20.4 Å². The molecule has 2 N–H and O–H groups in total. The summed E-state index contributed by atoms with van der Waals surface area (Å²) < 4.78 is 0. The van der Waals surface area contributed by atoms with Gasteiger partial charge in [-0.3, -0.25) is 19.3 Å². The fourth-order valence-electron chi connectivity index (χ4n) is 4.79. The number of carbonyl (C=O) groups excluding carboxylic acids is 3. The van der Waals surface area contributed by atoms with Crippen LogP contribution in [0.3, 0.4) is 0 Å². The molecule has 3 amide bonds. The Morgan fingerprint density at radius 3 is 2.12 bits per heavy atom. The third-order valence-corrected chi connectivity index (χ3v) is 6.70. The van der Waals surface area contributed by atoms with E-state index in [0.717, 1.165) is 51.9 Å². The van der Waals surface area contributed by atoms with Crippen molar-refractivity contribution in [2.24, 2.45) is 5.92 Å². The van der Waals surface area contributed by atoms with Gasteiger partial charge in [0.2, 0.25) is 11.8 Å². The Kier molecular flexibility index (Phi) is 8.31. The van der Waals surface area contributed by atoms with Crippen molar-refractivity contribution in [2.75, 3.05) is 43.4 Å². The minimum atomic E-state index is -0.269. The van der Waals surface area contributed by atoms with E-state index in [4.69, 9.17) is 0 Å². The zero-order valence-electron chi connectivity index (χ0n) is 19.7. The summed E-state index contributed by atoms with van der Waals surface area (Å²) in [7, 11) is 0. The Balaban J connectivity index is 1.28. The fraction of sp³-hybridized carbons (Fsp3) is 0.444. The van der Waals surface area contributed by atoms with Crippen LogP contribution in [0.4, 0.5) is 11.4 Å². The lowest BCUT2D eigenvalue weighted by molar-refractivity contribution is -0.137. The summed E-state index contributed by atoms with van der Waals surface area (Å²) in [5.41, 5.74) is 1.61. The second-order valence-corrected chi connectivity index (χ2v) is 9.20. The van der Waals surface area contributed by atoms with E-state index in [9.17, 15) is 14.4 Å². The number of amides is 3. The molecule has 0 saturated carbocycles. The number of anilines is 2. The van der Waals surface area contributed by atoms with E-state index < -0.39 is 0 Å². The van der Waals surface area contributed by atoms with Crippen molar-refractivity contribution < 1.29 is 14.4 Å². The molecule has 0 spiro atoms. The highest BCUT2D eigenvalue weighted by Gasteiger charge is 2.29. The summed E-state index contributed by atoms with van der Waals surface area (Å²) >= 11 is 0. The van der Waals surface area contributed by atoms with Crippen molar-refractivity contribution >= 4 is 29.1 Å². The highest BCUT2D eigenvalue weighted by Crippen LogP contribution is 2.22. The number of piperidine rings is 1. The SMILES string of the molecule is O=C(CN1CCC(C(=O)N2CCCCCC2)CC1)Nc1ccccc1C(=O)Nc1ccccc1. The van der Waals surface area contributed by atoms with Crippen molar-refractivity contribution in [3.63, 3.8) is 0 Å². The van der Waals surface area contributed by atoms with Gasteiger partial charge in [0.1, 0.15) is 0 Å². The van der Waals surface area contributed by atoms with Crippen molar-refractivity contribution in [3.05, 3.63) is 60.2 Å². The van der Waals surface area contributed by atoms with E-state index >= 15 is 0 Å². The van der Waals surface area contributed by atoms with Crippen LogP contribution in [0.25, 0.3) is 0 Å². The average Bonchev–Trinajstić information content (AvgIpc) is 3.15. The van der Waals surface area contributed by atoms with Crippen LogP contribution in [-0.2, 0) is 9.59 Å². The third-order valence-electron chi connectivity index (χ3n) is 6.70. The van der Waals surface area contributed by atoms with Crippen molar-refractivity contribution in [2.45, 2.75) is 38.5 Å². The summed E-state index contributed by atoms with van der Waals surface area (Å²) in [4.78, 5) is 42.5. The van der Waals surface area contributed by atoms with Crippen LogP contribution in [0.15, 0.2) is 54.6 Å². The summed E-state index contributed by atoms with van der Waals surface area (Å²) in [5.74, 6) is -0.0589. The molecular formula is C27H34N4O3. The molecule has 2 heterocycles. The molecule has 2 fully saturated rings. The monoisotopic (exact) mass is 462 g/mol. The molecule has 0 radical (unpaired) electrons. The number of hydrogen-bond acceptors (Lipinski definition) is 4. The average molecular weight is 463 g/mol. The molecule has 4 rings (SSSR count). The van der Waals surface area contributed by atoms with Crippen LogP contribution in [0, 0.1) is 5.92 Å². The molecule has 0 bridgehead atoms. The number of para-hydroxylation sites is 2. The van der Waals surface area contributed by atoms with E-state index in [1.165, 1.54) is 12.8 Å². The van der Waals surface area contributed by atoms with Gasteiger partial charge < -0.3 is 15.5 Å². The minimum Gasteiger partial charge on any atom is -0.342 e. The number of nitrogens with zero attached hydrogens (tertiary/aromatic N) is 2. The highest BCUT2D eigenvalue weighted by atomic mass is 16.2. The van der Waals surface area contributed by atoms with Gasteiger partial charge in [-0.2, -0.15) is 0 Å². The molecule has 2 aliphatic rings. The van der Waals surface area contributed by atoms with Crippen molar-refractivity contribution in [1.82, 2.24) is 9.80 Å². The van der Waals surface area contributed by atoms with E-state index in [1.807, 2.05) is 30.3 Å². The Labute approximate surface area is 201 Å². The molecule has 2 aromatic rings. The first-order chi connectivity index (χ1) is 16.6. The number of hydrogen-bond donors (Lipinski definition) is 2. The second-order valence-electron chi connectivity index (χ2n) is 9.20. The van der Waals surface area contributed by atoms with Crippen LogP contribution in [0.5, 0.6) is 0 Å². The van der Waals surface area contributed by atoms with Gasteiger partial charge in [0.25, 0.3) is 5.91 Å². The number of likely N-dealkylation sites (tertiary alicyclic amines) is 2. The molecule has 2 aromatic carbocycles. The first-order valence-corrected chi connectivity index (χ1v) is 12.4. The topological polar surface area (TPSA) is 81.8 Å². The molecule has 0 aliphatic carbocycles. The Morgan fingerprint density at radius 1 is 0.765 bits per heavy atom. The van der Waals surface area contributed by atoms with Crippen molar-refractivity contribution in [1.29, 1.82) is 0 Å². The fourth-order valence-corrected chi connectivity index (χ4v) is 4.79. The lowest BCUT2D eigenvalue weighted by atomic mass is 9.95. The lowest BCUT2D eigenvalue weighted by Crippen LogP contribution is -2.44. The van der Waals surface area contributed by atoms with Gasteiger partial charge in [0.15, 0.2) is 0 Å². The first kappa shape index (κ1) is 24.0. The Hall–Kier alpha value is -3.19. The van der Waals surface area contributed by atoms with Crippen LogP contribution in [0.1, 0.15) is 48.9 Å². The number of carbonyl (C=O) groups is 3. The molecule has 2 saturated heterocycles. The zero-order chi connectivity index (χ0) is 23.8. The third kappa shape index (κ3) is 6.44. The zero-order valence-corrected chi connectivity index (χ0v) is 19.7. The summed E-state index contributed by atoms with van der Waals surface area (Å²) in [6.07, 6.45) is 6.23. The van der Waals surface area contributed by atoms with Gasteiger partial charge in [-0.15, -0.1) is 0 Å². The maximum Gasteiger partial charge on any atom is 0.257 e. The molecule has 180 valence electrons. The predicted molar refractivity (Wildman–Crippen MR) is 134 cm³/mol. The van der Waals surface area contributed by atoms with Gasteiger partial charge in [-0.25, -0.2) is 0 Å². The molecule has 34 heavy (non-hydrogen) atoms. The quantitative estimate of drug-likeness (QED) is 0.680. The standard InChI is InChI=1S/C27H34N4O3/c32-25(20-30-18-14-21(15-19-30)27(34)31-16-8-1-2-9-17-31)29-24-13-7-6-12-23(24)26(33)28-22-10-4-3-5-11-22/h3-7,10-13,21H,1-2,8-9,14-20H2,(H,28,33)(H,29,32). The number of rotatable bonds is 6. The van der Waals surface area contributed by atoms with Gasteiger partial charge >= 0.3 is 0 Å². The molecule has 0 atom stereocenters. The molecule has 0 unspecified atom stereocenters. The first-order valence-electron chi connectivity index (χ1n) is 12.4. The van der Waals surface area contributed by atoms with Gasteiger partial charge in [0, 0.05) is 24.7 Å². The molecule has 7 heteroatoms. The van der Waals surface area contributed by atoms with Gasteiger partial charge in [-0.05, 0) is 63.0 Å². The van der Waals surface area contributed by atoms with Crippen molar-refractivity contribution in [3.8, 4) is 0 Å². The molecule has 2 aliphatic heterocycles. The summed E-state index contributed by atoms with van der Waals surface area (Å²) in [6, 6.07) is 16.3. The van der Waals surface area contributed by atoms with Gasteiger partial charge in [-0.1, -0.05) is 43.2 Å². The Morgan fingerprint density at radius 2 is 1.41 bits per heavy atom. The molecular weight excluding hydrogens is 428 g/mol. The van der Waals surface area contributed by atoms with E-state index in [0.29, 0.717) is 22.8 Å². The largest absolute Gasteiger partial charge is 0.342 e. The van der Waals surface area contributed by atoms with Crippen LogP contribution in [-0.4, -0.2) is 60.2 Å². The predicted octanol–water partition coefficient (Wildman–Crippen LogP) is 3.99. The van der Waals surface area contributed by atoms with Gasteiger partial charge in [0.05, 0.1) is 17.8 Å². The van der Waals surface area contributed by atoms with Crippen LogP contribution >= 0.6 is 0 Å². The van der Waals surface area contributed by atoms with E-state index in [1.54, 1.807) is 24.3 Å². The highest BCUT2D eigenvalue weighted by molar-refractivity contribution is 6.10. The molecule has 0 aromatic heterocycles. The van der Waals surface area contributed by atoms with E-state index in [-0.39, 0.29) is 24.3 Å².